The molecule has 0 saturated heterocycles. The van der Waals surface area contributed by atoms with Gasteiger partial charge in [-0.2, -0.15) is 0 Å². The third kappa shape index (κ3) is 2.99. The highest BCUT2D eigenvalue weighted by Gasteiger charge is 2.23. The maximum absolute atomic E-state index is 12.3. The fraction of sp³-hybridized carbons (Fsp3) is 0.190. The molecule has 0 aliphatic heterocycles. The number of nitrogens with zero attached hydrogens (tertiary/aromatic N) is 2. The van der Waals surface area contributed by atoms with E-state index in [1.54, 1.807) is 24.9 Å². The monoisotopic (exact) mass is 360 g/mol. The molecule has 4 rings (SSSR count). The molecule has 0 aliphatic rings. The average Bonchev–Trinajstić information content (AvgIpc) is 3.05. The highest BCUT2D eigenvalue weighted by Crippen LogP contribution is 2.39. The molecule has 0 amide bonds. The van der Waals surface area contributed by atoms with Gasteiger partial charge in [0.05, 0.1) is 6.26 Å². The number of H-pyrrole nitrogens is 1. The number of benzene rings is 1. The maximum atomic E-state index is 12.3. The molecule has 0 spiro atoms. The van der Waals surface area contributed by atoms with Gasteiger partial charge in [-0.1, -0.05) is 20.8 Å². The number of furan rings is 1. The Hall–Kier alpha value is -3.41. The van der Waals surface area contributed by atoms with Gasteiger partial charge in [0.15, 0.2) is 0 Å². The molecule has 0 atom stereocenters. The van der Waals surface area contributed by atoms with Crippen LogP contribution < -0.4 is 11.3 Å². The minimum atomic E-state index is -0.164. The zero-order chi connectivity index (χ0) is 19.2. The van der Waals surface area contributed by atoms with Gasteiger partial charge in [0.2, 0.25) is 5.95 Å². The Morgan fingerprint density at radius 3 is 2.48 bits per heavy atom. The van der Waals surface area contributed by atoms with Gasteiger partial charge >= 0.3 is 0 Å². The number of nitrogens with two attached hydrogens (primary N) is 1. The highest BCUT2D eigenvalue weighted by atomic mass is 16.3. The van der Waals surface area contributed by atoms with Crippen molar-refractivity contribution in [3.63, 3.8) is 0 Å². The smallest absolute Gasteiger partial charge is 0.255 e. The van der Waals surface area contributed by atoms with Crippen molar-refractivity contribution in [3.8, 4) is 22.3 Å². The molecule has 136 valence electrons. The summed E-state index contributed by atoms with van der Waals surface area (Å²) in [5, 5.41) is 0.911. The summed E-state index contributed by atoms with van der Waals surface area (Å²) in [6, 6.07) is 7.64. The van der Waals surface area contributed by atoms with Gasteiger partial charge < -0.3 is 15.1 Å². The molecular formula is C21H20N4O2. The van der Waals surface area contributed by atoms with Crippen molar-refractivity contribution in [1.29, 1.82) is 0 Å². The Balaban J connectivity index is 2.04. The second kappa shape index (κ2) is 6.09. The lowest BCUT2D eigenvalue weighted by atomic mass is 9.83. The van der Waals surface area contributed by atoms with Crippen LogP contribution in [0.3, 0.4) is 0 Å². The predicted molar refractivity (Wildman–Crippen MR) is 106 cm³/mol. The van der Waals surface area contributed by atoms with Gasteiger partial charge in [-0.05, 0) is 35.2 Å². The number of anilines is 1. The number of hydrogen-bond donors (Lipinski definition) is 2. The van der Waals surface area contributed by atoms with Gasteiger partial charge in [-0.3, -0.25) is 4.79 Å². The van der Waals surface area contributed by atoms with Crippen LogP contribution in [0.1, 0.15) is 26.3 Å². The molecule has 6 heteroatoms. The fourth-order valence-corrected chi connectivity index (χ4v) is 3.20. The Kier molecular flexibility index (Phi) is 3.84. The molecule has 0 fully saturated rings. The summed E-state index contributed by atoms with van der Waals surface area (Å²) in [5.74, 6) is 0.221. The van der Waals surface area contributed by atoms with Crippen molar-refractivity contribution < 1.29 is 4.42 Å². The Labute approximate surface area is 156 Å². The summed E-state index contributed by atoms with van der Waals surface area (Å²) in [7, 11) is 0. The quantitative estimate of drug-likeness (QED) is 0.560. The maximum Gasteiger partial charge on any atom is 0.255 e. The van der Waals surface area contributed by atoms with Gasteiger partial charge in [-0.25, -0.2) is 9.97 Å². The fourth-order valence-electron chi connectivity index (χ4n) is 3.20. The van der Waals surface area contributed by atoms with Crippen LogP contribution in [0.25, 0.3) is 33.2 Å². The first-order valence-electron chi connectivity index (χ1n) is 8.66. The molecule has 0 aliphatic carbocycles. The molecule has 3 heterocycles. The van der Waals surface area contributed by atoms with E-state index in [9.17, 15) is 4.79 Å². The number of nitrogens with one attached hydrogen (secondary N) is 1. The largest absolute Gasteiger partial charge is 0.463 e. The zero-order valence-corrected chi connectivity index (χ0v) is 15.4. The lowest BCUT2D eigenvalue weighted by Crippen LogP contribution is -2.13. The van der Waals surface area contributed by atoms with Gasteiger partial charge in [0.25, 0.3) is 5.56 Å². The summed E-state index contributed by atoms with van der Waals surface area (Å²) < 4.78 is 5.94. The van der Waals surface area contributed by atoms with Crippen LogP contribution in [-0.4, -0.2) is 15.0 Å². The molecule has 1 aromatic carbocycles. The topological polar surface area (TPSA) is 97.8 Å². The van der Waals surface area contributed by atoms with Crippen LogP contribution in [0, 0.1) is 0 Å². The van der Waals surface area contributed by atoms with Gasteiger partial charge in [0, 0.05) is 46.2 Å². The zero-order valence-electron chi connectivity index (χ0n) is 15.4. The van der Waals surface area contributed by atoms with Crippen LogP contribution in [0.15, 0.2) is 58.3 Å². The molecule has 3 aromatic heterocycles. The van der Waals surface area contributed by atoms with Crippen molar-refractivity contribution in [1.82, 2.24) is 15.0 Å². The van der Waals surface area contributed by atoms with Gasteiger partial charge in [0.1, 0.15) is 5.58 Å². The lowest BCUT2D eigenvalue weighted by Gasteiger charge is -2.20. The molecular weight excluding hydrogens is 340 g/mol. The molecule has 3 N–H and O–H groups in total. The number of aromatic nitrogens is 3. The second-order valence-electron chi connectivity index (χ2n) is 7.54. The first-order chi connectivity index (χ1) is 12.8. The highest BCUT2D eigenvalue weighted by molar-refractivity contribution is 5.98. The summed E-state index contributed by atoms with van der Waals surface area (Å²) in [4.78, 5) is 23.2. The molecule has 4 aromatic rings. The summed E-state index contributed by atoms with van der Waals surface area (Å²) >= 11 is 0. The lowest BCUT2D eigenvalue weighted by molar-refractivity contribution is 0.559. The Morgan fingerprint density at radius 2 is 1.81 bits per heavy atom. The van der Waals surface area contributed by atoms with E-state index in [0.29, 0.717) is 5.56 Å². The van der Waals surface area contributed by atoms with Crippen molar-refractivity contribution in [2.75, 3.05) is 5.73 Å². The third-order valence-electron chi connectivity index (χ3n) is 4.59. The third-order valence-corrected chi connectivity index (χ3v) is 4.59. The second-order valence-corrected chi connectivity index (χ2v) is 7.54. The van der Waals surface area contributed by atoms with E-state index >= 15 is 0 Å². The molecule has 6 nitrogen and oxygen atoms in total. The minimum Gasteiger partial charge on any atom is -0.463 e. The van der Waals surface area contributed by atoms with Crippen LogP contribution in [0.4, 0.5) is 5.95 Å². The average molecular weight is 360 g/mol. The normalized spacial score (nSPS) is 11.8. The van der Waals surface area contributed by atoms with E-state index in [4.69, 9.17) is 10.2 Å². The van der Waals surface area contributed by atoms with Crippen molar-refractivity contribution >= 4 is 16.9 Å². The minimum absolute atomic E-state index is 0.127. The predicted octanol–water partition coefficient (Wildman–Crippen LogP) is 4.12. The first-order valence-corrected chi connectivity index (χ1v) is 8.66. The Bertz CT molecular complexity index is 1180. The van der Waals surface area contributed by atoms with Crippen molar-refractivity contribution in [2.45, 2.75) is 26.2 Å². The number of rotatable bonds is 2. The van der Waals surface area contributed by atoms with E-state index in [0.717, 1.165) is 33.2 Å². The number of hydrogen-bond acceptors (Lipinski definition) is 5. The SMILES string of the molecule is CC(C)(C)c1cc(-c2ccc[nH]c2=O)cc2c(-c3cnc(N)nc3)coc12. The van der Waals surface area contributed by atoms with E-state index in [1.165, 1.54) is 0 Å². The van der Waals surface area contributed by atoms with E-state index in [-0.39, 0.29) is 16.9 Å². The first kappa shape index (κ1) is 17.0. The van der Waals surface area contributed by atoms with E-state index in [2.05, 4.69) is 35.7 Å². The van der Waals surface area contributed by atoms with Crippen LogP contribution in [0.5, 0.6) is 0 Å². The molecule has 0 radical (unpaired) electrons. The summed E-state index contributed by atoms with van der Waals surface area (Å²) in [6.45, 7) is 6.36. The number of aromatic amines is 1. The standard InChI is InChI=1S/C21H20N4O2/c1-21(2,3)17-8-12(14-5-4-6-23-19(14)26)7-15-16(11-27-18(15)17)13-9-24-20(22)25-10-13/h4-11H,1-3H3,(H,23,26)(H2,22,24,25). The summed E-state index contributed by atoms with van der Waals surface area (Å²) in [6.07, 6.45) is 6.68. The van der Waals surface area contributed by atoms with Crippen LogP contribution >= 0.6 is 0 Å². The number of nitrogen functional groups attached to an aromatic ring is 1. The molecule has 0 saturated carbocycles. The van der Waals surface area contributed by atoms with E-state index < -0.39 is 0 Å². The van der Waals surface area contributed by atoms with E-state index in [1.807, 2.05) is 24.3 Å². The van der Waals surface area contributed by atoms with Crippen molar-refractivity contribution in [2.24, 2.45) is 0 Å². The van der Waals surface area contributed by atoms with Crippen molar-refractivity contribution in [3.05, 3.63) is 65.0 Å². The number of fused-ring (bicyclic) bond motifs is 1. The van der Waals surface area contributed by atoms with Crippen LogP contribution in [-0.2, 0) is 5.41 Å². The molecule has 0 unspecified atom stereocenters. The van der Waals surface area contributed by atoms with Gasteiger partial charge in [-0.15, -0.1) is 0 Å². The molecule has 27 heavy (non-hydrogen) atoms. The summed E-state index contributed by atoms with van der Waals surface area (Å²) in [5.41, 5.74) is 10.3. The van der Waals surface area contributed by atoms with Crippen LogP contribution in [0.2, 0.25) is 0 Å². The Morgan fingerprint density at radius 1 is 1.07 bits per heavy atom. The number of pyridine rings is 1. The molecule has 0 bridgehead atoms.